The molecule has 0 radical (unpaired) electrons. The molecule has 0 bridgehead atoms. The zero-order valence-electron chi connectivity index (χ0n) is 10.0. The van der Waals surface area contributed by atoms with Crippen LogP contribution in [-0.4, -0.2) is 24.5 Å². The Bertz CT molecular complexity index is 531. The van der Waals surface area contributed by atoms with Crippen molar-refractivity contribution in [2.45, 2.75) is 13.3 Å². The van der Waals surface area contributed by atoms with Crippen LogP contribution in [0.2, 0.25) is 0 Å². The lowest BCUT2D eigenvalue weighted by molar-refractivity contribution is -0.118. The first-order valence-electron chi connectivity index (χ1n) is 5.59. The van der Waals surface area contributed by atoms with Crippen LogP contribution in [0.1, 0.15) is 12.5 Å². The number of rotatable bonds is 4. The smallest absolute Gasteiger partial charge is 0.216 e. The number of nitrogens with one attached hydrogen (secondary N) is 2. The summed E-state index contributed by atoms with van der Waals surface area (Å²) in [5.41, 5.74) is 2.21. The maximum atomic E-state index is 10.9. The molecular formula is C13H16N2O2. The van der Waals surface area contributed by atoms with Crippen LogP contribution in [0.25, 0.3) is 10.9 Å². The van der Waals surface area contributed by atoms with E-state index < -0.39 is 0 Å². The highest BCUT2D eigenvalue weighted by molar-refractivity contribution is 5.85. The number of amides is 1. The Hall–Kier alpha value is -1.97. The van der Waals surface area contributed by atoms with Crippen molar-refractivity contribution in [1.82, 2.24) is 10.3 Å². The third-order valence-electron chi connectivity index (χ3n) is 2.77. The highest BCUT2D eigenvalue weighted by Gasteiger charge is 2.08. The van der Waals surface area contributed by atoms with Crippen LogP contribution < -0.4 is 10.1 Å². The van der Waals surface area contributed by atoms with Crippen LogP contribution in [0, 0.1) is 0 Å². The van der Waals surface area contributed by atoms with Crippen molar-refractivity contribution in [2.75, 3.05) is 13.7 Å². The fraction of sp³-hybridized carbons (Fsp3) is 0.308. The van der Waals surface area contributed by atoms with Crippen LogP contribution in [0.5, 0.6) is 5.75 Å². The SMILES string of the molecule is COc1ccc2[nH]ccc2c1CCNC(C)=O. The average Bonchev–Trinajstić information content (AvgIpc) is 2.77. The van der Waals surface area contributed by atoms with Gasteiger partial charge in [0.2, 0.25) is 5.91 Å². The van der Waals surface area contributed by atoms with E-state index in [4.69, 9.17) is 4.74 Å². The number of hydrogen-bond donors (Lipinski definition) is 2. The average molecular weight is 232 g/mol. The Morgan fingerprint density at radius 3 is 2.94 bits per heavy atom. The van der Waals surface area contributed by atoms with Crippen molar-refractivity contribution in [1.29, 1.82) is 0 Å². The minimum absolute atomic E-state index is 0.00906. The molecule has 0 aliphatic heterocycles. The number of benzene rings is 1. The first-order chi connectivity index (χ1) is 8.22. The van der Waals surface area contributed by atoms with Gasteiger partial charge >= 0.3 is 0 Å². The van der Waals surface area contributed by atoms with E-state index in [1.54, 1.807) is 7.11 Å². The molecule has 0 saturated heterocycles. The zero-order chi connectivity index (χ0) is 12.3. The van der Waals surface area contributed by atoms with Gasteiger partial charge in [-0.25, -0.2) is 0 Å². The standard InChI is InChI=1S/C13H16N2O2/c1-9(16)14-7-6-11-10-5-8-15-12(10)3-4-13(11)17-2/h3-5,8,15H,6-7H2,1-2H3,(H,14,16). The van der Waals surface area contributed by atoms with Gasteiger partial charge in [0, 0.05) is 36.1 Å². The Balaban J connectivity index is 2.28. The van der Waals surface area contributed by atoms with E-state index in [-0.39, 0.29) is 5.91 Å². The van der Waals surface area contributed by atoms with Gasteiger partial charge < -0.3 is 15.0 Å². The van der Waals surface area contributed by atoms with E-state index in [1.807, 2.05) is 24.4 Å². The molecule has 2 N–H and O–H groups in total. The Morgan fingerprint density at radius 1 is 1.41 bits per heavy atom. The third-order valence-corrected chi connectivity index (χ3v) is 2.77. The number of methoxy groups -OCH3 is 1. The van der Waals surface area contributed by atoms with Crippen LogP contribution in [0.3, 0.4) is 0 Å². The van der Waals surface area contributed by atoms with E-state index in [9.17, 15) is 4.79 Å². The van der Waals surface area contributed by atoms with Crippen LogP contribution in [0.15, 0.2) is 24.4 Å². The van der Waals surface area contributed by atoms with Crippen molar-refractivity contribution in [3.63, 3.8) is 0 Å². The van der Waals surface area contributed by atoms with Crippen molar-refractivity contribution >= 4 is 16.8 Å². The number of ether oxygens (including phenoxy) is 1. The van der Waals surface area contributed by atoms with Crippen molar-refractivity contribution in [3.05, 3.63) is 30.0 Å². The van der Waals surface area contributed by atoms with Gasteiger partial charge in [-0.05, 0) is 24.6 Å². The quantitative estimate of drug-likeness (QED) is 0.845. The van der Waals surface area contributed by atoms with E-state index in [0.717, 1.165) is 28.6 Å². The van der Waals surface area contributed by atoms with Gasteiger partial charge in [-0.15, -0.1) is 0 Å². The second kappa shape index (κ2) is 4.91. The molecule has 0 aliphatic carbocycles. The minimum Gasteiger partial charge on any atom is -0.496 e. The first-order valence-corrected chi connectivity index (χ1v) is 5.59. The zero-order valence-corrected chi connectivity index (χ0v) is 10.0. The molecule has 2 aromatic rings. The Morgan fingerprint density at radius 2 is 2.24 bits per heavy atom. The number of carbonyl (C=O) groups excluding carboxylic acids is 1. The number of H-pyrrole nitrogens is 1. The van der Waals surface area contributed by atoms with Crippen LogP contribution >= 0.6 is 0 Å². The van der Waals surface area contributed by atoms with Crippen molar-refractivity contribution < 1.29 is 9.53 Å². The summed E-state index contributed by atoms with van der Waals surface area (Å²) in [6, 6.07) is 5.97. The monoisotopic (exact) mass is 232 g/mol. The number of aromatic amines is 1. The second-order valence-corrected chi connectivity index (χ2v) is 3.92. The molecule has 1 amide bonds. The molecule has 17 heavy (non-hydrogen) atoms. The number of carbonyl (C=O) groups is 1. The summed E-state index contributed by atoms with van der Waals surface area (Å²) in [5.74, 6) is 0.854. The van der Waals surface area contributed by atoms with Gasteiger partial charge in [0.25, 0.3) is 0 Å². The summed E-state index contributed by atoms with van der Waals surface area (Å²) in [4.78, 5) is 14.0. The molecule has 4 nitrogen and oxygen atoms in total. The molecule has 90 valence electrons. The minimum atomic E-state index is -0.00906. The Labute approximate surface area is 100.0 Å². The van der Waals surface area contributed by atoms with Crippen molar-refractivity contribution in [2.24, 2.45) is 0 Å². The summed E-state index contributed by atoms with van der Waals surface area (Å²) in [6.45, 7) is 2.14. The predicted molar refractivity (Wildman–Crippen MR) is 67.2 cm³/mol. The van der Waals surface area contributed by atoms with E-state index >= 15 is 0 Å². The lowest BCUT2D eigenvalue weighted by Crippen LogP contribution is -2.22. The maximum Gasteiger partial charge on any atom is 0.216 e. The summed E-state index contributed by atoms with van der Waals surface area (Å²) >= 11 is 0. The summed E-state index contributed by atoms with van der Waals surface area (Å²) in [6.07, 6.45) is 2.67. The van der Waals surface area contributed by atoms with Crippen molar-refractivity contribution in [3.8, 4) is 5.75 Å². The van der Waals surface area contributed by atoms with Gasteiger partial charge in [0.1, 0.15) is 5.75 Å². The fourth-order valence-electron chi connectivity index (χ4n) is 1.99. The van der Waals surface area contributed by atoms with Crippen LogP contribution in [0.4, 0.5) is 0 Å². The van der Waals surface area contributed by atoms with Gasteiger partial charge in [-0.1, -0.05) is 0 Å². The molecule has 1 aromatic carbocycles. The summed E-state index contributed by atoms with van der Waals surface area (Å²) in [7, 11) is 1.66. The van der Waals surface area contributed by atoms with Gasteiger partial charge in [-0.3, -0.25) is 4.79 Å². The van der Waals surface area contributed by atoms with E-state index in [2.05, 4.69) is 10.3 Å². The highest BCUT2D eigenvalue weighted by Crippen LogP contribution is 2.27. The molecule has 0 atom stereocenters. The molecular weight excluding hydrogens is 216 g/mol. The highest BCUT2D eigenvalue weighted by atomic mass is 16.5. The molecule has 0 aliphatic rings. The third kappa shape index (κ3) is 2.41. The van der Waals surface area contributed by atoms with E-state index in [0.29, 0.717) is 6.54 Å². The lowest BCUT2D eigenvalue weighted by atomic mass is 10.1. The predicted octanol–water partition coefficient (Wildman–Crippen LogP) is 1.86. The molecule has 0 fully saturated rings. The molecule has 0 spiro atoms. The number of aromatic nitrogens is 1. The van der Waals surface area contributed by atoms with Gasteiger partial charge in [0.05, 0.1) is 7.11 Å². The lowest BCUT2D eigenvalue weighted by Gasteiger charge is -2.10. The largest absolute Gasteiger partial charge is 0.496 e. The number of hydrogen-bond acceptors (Lipinski definition) is 2. The second-order valence-electron chi connectivity index (χ2n) is 3.92. The number of fused-ring (bicyclic) bond motifs is 1. The first kappa shape index (κ1) is 11.5. The van der Waals surface area contributed by atoms with Gasteiger partial charge in [0.15, 0.2) is 0 Å². The summed E-state index contributed by atoms with van der Waals surface area (Å²) < 4.78 is 5.35. The molecule has 1 heterocycles. The van der Waals surface area contributed by atoms with Crippen LogP contribution in [-0.2, 0) is 11.2 Å². The molecule has 0 saturated carbocycles. The summed E-state index contributed by atoms with van der Waals surface area (Å²) in [5, 5.41) is 3.95. The Kier molecular flexibility index (Phi) is 3.32. The maximum absolute atomic E-state index is 10.9. The fourth-order valence-corrected chi connectivity index (χ4v) is 1.99. The molecule has 1 aromatic heterocycles. The molecule has 2 rings (SSSR count). The molecule has 0 unspecified atom stereocenters. The topological polar surface area (TPSA) is 54.1 Å². The molecule has 4 heteroatoms. The normalized spacial score (nSPS) is 10.5. The van der Waals surface area contributed by atoms with Gasteiger partial charge in [-0.2, -0.15) is 0 Å². The van der Waals surface area contributed by atoms with E-state index in [1.165, 1.54) is 6.92 Å².